The van der Waals surface area contributed by atoms with Crippen LogP contribution in [-0.2, 0) is 0 Å². The van der Waals surface area contributed by atoms with Crippen molar-refractivity contribution in [2.24, 2.45) is 11.5 Å². The molecule has 0 aliphatic heterocycles. The van der Waals surface area contributed by atoms with Gasteiger partial charge < -0.3 is 0 Å². The summed E-state index contributed by atoms with van der Waals surface area (Å²) in [6.07, 6.45) is 0. The fourth-order valence-corrected chi connectivity index (χ4v) is 25.9. The molecule has 2 atom stereocenters. The molecule has 0 saturated heterocycles. The molecule has 0 spiro atoms. The first-order valence-corrected chi connectivity index (χ1v) is 16.8. The predicted octanol–water partition coefficient (Wildman–Crippen LogP) is 2.43. The number of hydrogen-bond acceptors (Lipinski definition) is 4. The molecule has 1 rings (SSSR count). The van der Waals surface area contributed by atoms with E-state index in [0.717, 1.165) is 13.1 Å². The van der Waals surface area contributed by atoms with Crippen molar-refractivity contribution in [2.75, 3.05) is 13.1 Å². The zero-order chi connectivity index (χ0) is 14.5. The van der Waals surface area contributed by atoms with Crippen LogP contribution in [0.5, 0.6) is 0 Å². The van der Waals surface area contributed by atoms with Crippen molar-refractivity contribution in [3.05, 3.63) is 29.8 Å². The van der Waals surface area contributed by atoms with E-state index in [9.17, 15) is 0 Å². The average molecular weight is 359 g/mol. The topological polar surface area (TPSA) is 52.0 Å². The Morgan fingerprint density at radius 1 is 1.00 bits per heavy atom. The maximum absolute atomic E-state index is 5.82. The fourth-order valence-electron chi connectivity index (χ4n) is 1.88. The van der Waals surface area contributed by atoms with E-state index in [4.69, 9.17) is 11.5 Å². The molecule has 0 radical (unpaired) electrons. The predicted molar refractivity (Wildman–Crippen MR) is 94.6 cm³/mol. The molecule has 2 nitrogen and oxygen atoms in total. The van der Waals surface area contributed by atoms with Gasteiger partial charge in [-0.05, 0) is 0 Å². The molecule has 0 saturated carbocycles. The number of aryl methyl sites for hydroxylation is 1. The van der Waals surface area contributed by atoms with E-state index in [2.05, 4.69) is 71.0 Å². The van der Waals surface area contributed by atoms with Crippen LogP contribution in [-0.4, -0.2) is 34.6 Å². The maximum atomic E-state index is 5.82. The normalized spacial score (nSPS) is 17.8. The summed E-state index contributed by atoms with van der Waals surface area (Å²) in [4.78, 5) is 0. The standard InChI is InChI=1S/C14H26GeN2S2/c1-11-5-7-14(8-6-11)15(4,18-12(2)9-16)19-13(3)10-17/h5-8,12-13H,9-10,16-17H2,1-4H3. The van der Waals surface area contributed by atoms with Crippen LogP contribution >= 0.6 is 20.2 Å². The molecule has 4 N–H and O–H groups in total. The second-order valence-electron chi connectivity index (χ2n) is 5.14. The van der Waals surface area contributed by atoms with Crippen LogP contribution in [0.1, 0.15) is 19.4 Å². The minimum absolute atomic E-state index is 0.517. The van der Waals surface area contributed by atoms with Crippen molar-refractivity contribution in [3.63, 3.8) is 0 Å². The summed E-state index contributed by atoms with van der Waals surface area (Å²) in [7, 11) is 2.02. The molecule has 1 aromatic carbocycles. The summed E-state index contributed by atoms with van der Waals surface area (Å²) in [5.74, 6) is 2.47. The van der Waals surface area contributed by atoms with Gasteiger partial charge >= 0.3 is 127 Å². The van der Waals surface area contributed by atoms with Crippen molar-refractivity contribution in [1.29, 1.82) is 0 Å². The van der Waals surface area contributed by atoms with Gasteiger partial charge in [0.1, 0.15) is 0 Å². The van der Waals surface area contributed by atoms with Crippen LogP contribution in [0.3, 0.4) is 0 Å². The average Bonchev–Trinajstić information content (AvgIpc) is 2.38. The summed E-state index contributed by atoms with van der Waals surface area (Å²) in [5.41, 5.74) is 13.0. The molecule has 1 aromatic rings. The van der Waals surface area contributed by atoms with E-state index in [-0.39, 0.29) is 0 Å². The summed E-state index contributed by atoms with van der Waals surface area (Å²) in [5, 5.41) is 1.03. The molecule has 0 aliphatic carbocycles. The third-order valence-electron chi connectivity index (χ3n) is 3.09. The molecular weight excluding hydrogens is 333 g/mol. The Hall–Kier alpha value is 0.383. The van der Waals surface area contributed by atoms with Crippen molar-refractivity contribution in [3.8, 4) is 0 Å². The van der Waals surface area contributed by atoms with E-state index < -0.39 is 11.0 Å². The Kier molecular flexibility index (Phi) is 7.32. The van der Waals surface area contributed by atoms with Crippen LogP contribution in [0.25, 0.3) is 0 Å². The summed E-state index contributed by atoms with van der Waals surface area (Å²) < 4.78 is 1.53. The van der Waals surface area contributed by atoms with Crippen molar-refractivity contribution >= 4 is 35.6 Å². The number of benzene rings is 1. The monoisotopic (exact) mass is 360 g/mol. The van der Waals surface area contributed by atoms with E-state index in [1.54, 1.807) is 0 Å². The molecule has 0 fully saturated rings. The molecule has 0 heterocycles. The molecule has 0 aliphatic rings. The molecule has 19 heavy (non-hydrogen) atoms. The number of nitrogens with two attached hydrogens (primary N) is 2. The van der Waals surface area contributed by atoms with Gasteiger partial charge in [-0.15, -0.1) is 0 Å². The Morgan fingerprint density at radius 2 is 1.42 bits per heavy atom. The quantitative estimate of drug-likeness (QED) is 0.735. The number of rotatable bonds is 7. The van der Waals surface area contributed by atoms with Crippen LogP contribution < -0.4 is 15.9 Å². The molecule has 5 heteroatoms. The fraction of sp³-hybridized carbons (Fsp3) is 0.571. The molecule has 0 bridgehead atoms. The van der Waals surface area contributed by atoms with E-state index in [1.165, 1.54) is 9.96 Å². The zero-order valence-corrected chi connectivity index (χ0v) is 16.1. The van der Waals surface area contributed by atoms with E-state index in [0.29, 0.717) is 10.5 Å². The van der Waals surface area contributed by atoms with Gasteiger partial charge in [0.2, 0.25) is 0 Å². The van der Waals surface area contributed by atoms with Gasteiger partial charge in [-0.1, -0.05) is 0 Å². The zero-order valence-electron chi connectivity index (χ0n) is 12.3. The molecular formula is C14H26GeN2S2. The minimum atomic E-state index is -2.22. The summed E-state index contributed by atoms with van der Waals surface area (Å²) in [6, 6.07) is 9.06. The summed E-state index contributed by atoms with van der Waals surface area (Å²) >= 11 is 0. The third-order valence-corrected chi connectivity index (χ3v) is 24.3. The SMILES string of the molecule is Cc1cc[c]([Ge]([CH3])([S]C(C)CN)[S]C(C)CN)cc1. The Labute approximate surface area is 126 Å². The first-order valence-electron chi connectivity index (χ1n) is 6.74. The van der Waals surface area contributed by atoms with Crippen LogP contribution in [0.2, 0.25) is 5.76 Å². The molecule has 0 amide bonds. The summed E-state index contributed by atoms with van der Waals surface area (Å²) in [6.45, 7) is 8.09. The van der Waals surface area contributed by atoms with Gasteiger partial charge in [0.05, 0.1) is 0 Å². The van der Waals surface area contributed by atoms with Crippen LogP contribution in [0, 0.1) is 6.92 Å². The third kappa shape index (κ3) is 5.34. The molecule has 2 unspecified atom stereocenters. The van der Waals surface area contributed by atoms with E-state index >= 15 is 0 Å². The first-order chi connectivity index (χ1) is 8.91. The Bertz CT molecular complexity index is 372. The molecule has 0 aromatic heterocycles. The van der Waals surface area contributed by atoms with Crippen molar-refractivity contribution < 1.29 is 0 Å². The van der Waals surface area contributed by atoms with Crippen molar-refractivity contribution in [2.45, 2.75) is 37.0 Å². The van der Waals surface area contributed by atoms with Gasteiger partial charge in [0.25, 0.3) is 0 Å². The van der Waals surface area contributed by atoms with Gasteiger partial charge in [0.15, 0.2) is 0 Å². The van der Waals surface area contributed by atoms with Crippen LogP contribution in [0.15, 0.2) is 24.3 Å². The number of hydrogen-bond donors (Lipinski definition) is 2. The van der Waals surface area contributed by atoms with Crippen LogP contribution in [0.4, 0.5) is 0 Å². The van der Waals surface area contributed by atoms with Gasteiger partial charge in [-0.3, -0.25) is 0 Å². The second-order valence-corrected chi connectivity index (χ2v) is 25.2. The van der Waals surface area contributed by atoms with Gasteiger partial charge in [-0.2, -0.15) is 0 Å². The Balaban J connectivity index is 2.99. The first kappa shape index (κ1) is 17.4. The molecule has 108 valence electrons. The van der Waals surface area contributed by atoms with E-state index in [1.807, 2.05) is 0 Å². The Morgan fingerprint density at radius 3 is 1.79 bits per heavy atom. The van der Waals surface area contributed by atoms with Gasteiger partial charge in [0, 0.05) is 0 Å². The van der Waals surface area contributed by atoms with Crippen molar-refractivity contribution in [1.82, 2.24) is 0 Å². The van der Waals surface area contributed by atoms with Gasteiger partial charge in [-0.25, -0.2) is 0 Å². The second kappa shape index (κ2) is 7.98.